The lowest BCUT2D eigenvalue weighted by Crippen LogP contribution is -2.59. The molecule has 352 valence electrons. The summed E-state index contributed by atoms with van der Waals surface area (Å²) < 4.78 is 22.2. The zero-order valence-corrected chi connectivity index (χ0v) is 38.5. The third-order valence-corrected chi connectivity index (χ3v) is 11.6. The smallest absolute Gasteiger partial charge is 0.306 e. The van der Waals surface area contributed by atoms with Gasteiger partial charge in [0, 0.05) is 12.8 Å². The molecule has 0 aromatic rings. The number of rotatable bonds is 42. The Bertz CT molecular complexity index is 1030. The van der Waals surface area contributed by atoms with Crippen LogP contribution in [0.15, 0.2) is 24.3 Å². The molecule has 1 heterocycles. The van der Waals surface area contributed by atoms with Crippen LogP contribution in [-0.2, 0) is 28.5 Å². The standard InChI is InChI=1S/C50H92O10/c1-3-5-7-9-11-13-15-17-19-20-21-22-23-24-25-27-29-31-33-35-37-39-46(53)59-43(42-58-50-49(56)48(55)47(54)44(40-51)60-50)41-57-45(52)38-36-34-32-30-28-26-18-16-14-12-10-8-6-4-2/h16,18,20-21,43-44,47-51,54-56H,3-15,17,19,22-42H2,1-2H3/b18-16-,21-20-. The summed E-state index contributed by atoms with van der Waals surface area (Å²) in [4.78, 5) is 25.4. The molecular formula is C50H92O10. The maximum Gasteiger partial charge on any atom is 0.306 e. The highest BCUT2D eigenvalue weighted by Crippen LogP contribution is 2.23. The van der Waals surface area contributed by atoms with Crippen LogP contribution in [0.3, 0.4) is 0 Å². The van der Waals surface area contributed by atoms with Crippen LogP contribution in [0.25, 0.3) is 0 Å². The van der Waals surface area contributed by atoms with Crippen LogP contribution in [0.4, 0.5) is 0 Å². The lowest BCUT2D eigenvalue weighted by atomic mass is 9.99. The Kier molecular flexibility index (Phi) is 38.6. The first kappa shape index (κ1) is 56.2. The van der Waals surface area contributed by atoms with Gasteiger partial charge in [0.2, 0.25) is 0 Å². The van der Waals surface area contributed by atoms with Crippen molar-refractivity contribution in [2.75, 3.05) is 19.8 Å². The summed E-state index contributed by atoms with van der Waals surface area (Å²) >= 11 is 0. The number of ether oxygens (including phenoxy) is 4. The van der Waals surface area contributed by atoms with Gasteiger partial charge in [0.05, 0.1) is 13.2 Å². The second kappa shape index (κ2) is 41.2. The van der Waals surface area contributed by atoms with Crippen molar-refractivity contribution < 1.29 is 49.0 Å². The zero-order chi connectivity index (χ0) is 43.7. The summed E-state index contributed by atoms with van der Waals surface area (Å²) in [6, 6.07) is 0. The molecule has 0 aromatic heterocycles. The van der Waals surface area contributed by atoms with Crippen molar-refractivity contribution >= 4 is 11.9 Å². The molecule has 0 spiro atoms. The molecule has 6 atom stereocenters. The largest absolute Gasteiger partial charge is 0.462 e. The third kappa shape index (κ3) is 31.9. The first-order chi connectivity index (χ1) is 29.3. The lowest BCUT2D eigenvalue weighted by Gasteiger charge is -2.39. The van der Waals surface area contributed by atoms with Gasteiger partial charge in [0.15, 0.2) is 12.4 Å². The predicted molar refractivity (Wildman–Crippen MR) is 243 cm³/mol. The van der Waals surface area contributed by atoms with E-state index in [0.29, 0.717) is 6.42 Å². The molecule has 1 rings (SSSR count). The number of hydrogen-bond acceptors (Lipinski definition) is 10. The molecule has 0 saturated carbocycles. The van der Waals surface area contributed by atoms with Crippen molar-refractivity contribution in [3.63, 3.8) is 0 Å². The second-order valence-electron chi connectivity index (χ2n) is 17.3. The van der Waals surface area contributed by atoms with Gasteiger partial charge in [0.25, 0.3) is 0 Å². The minimum Gasteiger partial charge on any atom is -0.462 e. The third-order valence-electron chi connectivity index (χ3n) is 11.6. The molecule has 6 unspecified atom stereocenters. The molecule has 0 radical (unpaired) electrons. The van der Waals surface area contributed by atoms with Gasteiger partial charge < -0.3 is 39.4 Å². The highest BCUT2D eigenvalue weighted by atomic mass is 16.7. The summed E-state index contributed by atoms with van der Waals surface area (Å²) in [5.41, 5.74) is 0. The van der Waals surface area contributed by atoms with Crippen LogP contribution in [0.2, 0.25) is 0 Å². The molecule has 0 aliphatic carbocycles. The maximum atomic E-state index is 12.8. The maximum absolute atomic E-state index is 12.8. The summed E-state index contributed by atoms with van der Waals surface area (Å²) in [6.45, 7) is 3.43. The van der Waals surface area contributed by atoms with E-state index in [9.17, 15) is 30.0 Å². The fraction of sp³-hybridized carbons (Fsp3) is 0.880. The van der Waals surface area contributed by atoms with Gasteiger partial charge in [-0.15, -0.1) is 0 Å². The van der Waals surface area contributed by atoms with Gasteiger partial charge >= 0.3 is 11.9 Å². The number of esters is 2. The normalized spacial score (nSPS) is 20.0. The molecular weight excluding hydrogens is 761 g/mol. The first-order valence-electron chi connectivity index (χ1n) is 24.9. The van der Waals surface area contributed by atoms with Crippen molar-refractivity contribution in [3.05, 3.63) is 24.3 Å². The van der Waals surface area contributed by atoms with E-state index in [1.165, 1.54) is 135 Å². The summed E-state index contributed by atoms with van der Waals surface area (Å²) in [7, 11) is 0. The molecule has 1 aliphatic heterocycles. The first-order valence-corrected chi connectivity index (χ1v) is 24.9. The second-order valence-corrected chi connectivity index (χ2v) is 17.3. The zero-order valence-electron chi connectivity index (χ0n) is 38.5. The van der Waals surface area contributed by atoms with E-state index in [-0.39, 0.29) is 32.0 Å². The Morgan fingerprint density at radius 2 is 0.883 bits per heavy atom. The van der Waals surface area contributed by atoms with Crippen molar-refractivity contribution in [2.45, 2.75) is 263 Å². The summed E-state index contributed by atoms with van der Waals surface area (Å²) in [6.07, 6.45) is 39.0. The average Bonchev–Trinajstić information content (AvgIpc) is 3.25. The summed E-state index contributed by atoms with van der Waals surface area (Å²) in [5, 5.41) is 40.1. The number of carbonyl (C=O) groups is 2. The van der Waals surface area contributed by atoms with Crippen LogP contribution in [0, 0.1) is 0 Å². The van der Waals surface area contributed by atoms with Crippen molar-refractivity contribution in [1.82, 2.24) is 0 Å². The average molecular weight is 853 g/mol. The minimum absolute atomic E-state index is 0.220. The van der Waals surface area contributed by atoms with E-state index >= 15 is 0 Å². The van der Waals surface area contributed by atoms with Crippen molar-refractivity contribution in [3.8, 4) is 0 Å². The molecule has 10 heteroatoms. The number of unbranched alkanes of at least 4 members (excludes halogenated alkanes) is 27. The van der Waals surface area contributed by atoms with Gasteiger partial charge in [-0.1, -0.05) is 173 Å². The molecule has 10 nitrogen and oxygen atoms in total. The molecule has 0 aromatic carbocycles. The fourth-order valence-electron chi connectivity index (χ4n) is 7.59. The van der Waals surface area contributed by atoms with E-state index < -0.39 is 49.4 Å². The Hall–Kier alpha value is -1.82. The molecule has 1 fully saturated rings. The molecule has 1 aliphatic rings. The molecule has 0 amide bonds. The van der Waals surface area contributed by atoms with Gasteiger partial charge in [-0.25, -0.2) is 0 Å². The van der Waals surface area contributed by atoms with E-state index in [1.807, 2.05) is 0 Å². The lowest BCUT2D eigenvalue weighted by molar-refractivity contribution is -0.305. The quantitative estimate of drug-likeness (QED) is 0.0265. The molecule has 0 bridgehead atoms. The van der Waals surface area contributed by atoms with E-state index in [2.05, 4.69) is 38.2 Å². The van der Waals surface area contributed by atoms with Crippen LogP contribution in [0.5, 0.6) is 0 Å². The Morgan fingerprint density at radius 3 is 1.30 bits per heavy atom. The van der Waals surface area contributed by atoms with Gasteiger partial charge in [-0.05, 0) is 64.2 Å². The van der Waals surface area contributed by atoms with Crippen molar-refractivity contribution in [1.29, 1.82) is 0 Å². The van der Waals surface area contributed by atoms with E-state index in [4.69, 9.17) is 18.9 Å². The Balaban J connectivity index is 2.27. The monoisotopic (exact) mass is 853 g/mol. The van der Waals surface area contributed by atoms with Crippen LogP contribution in [-0.4, -0.2) is 89.0 Å². The van der Waals surface area contributed by atoms with E-state index in [1.54, 1.807) is 0 Å². The van der Waals surface area contributed by atoms with Crippen molar-refractivity contribution in [2.24, 2.45) is 0 Å². The van der Waals surface area contributed by atoms with Crippen LogP contribution in [0.1, 0.15) is 226 Å². The van der Waals surface area contributed by atoms with Crippen LogP contribution >= 0.6 is 0 Å². The van der Waals surface area contributed by atoms with E-state index in [0.717, 1.165) is 57.8 Å². The number of aliphatic hydroxyl groups is 4. The minimum atomic E-state index is -1.59. The van der Waals surface area contributed by atoms with Gasteiger partial charge in [-0.3, -0.25) is 9.59 Å². The Morgan fingerprint density at radius 1 is 0.500 bits per heavy atom. The fourth-order valence-corrected chi connectivity index (χ4v) is 7.59. The number of allylic oxidation sites excluding steroid dienone is 4. The summed E-state index contributed by atoms with van der Waals surface area (Å²) in [5.74, 6) is -0.811. The molecule has 1 saturated heterocycles. The highest BCUT2D eigenvalue weighted by molar-refractivity contribution is 5.70. The van der Waals surface area contributed by atoms with Crippen LogP contribution < -0.4 is 0 Å². The topological polar surface area (TPSA) is 152 Å². The molecule has 60 heavy (non-hydrogen) atoms. The number of hydrogen-bond donors (Lipinski definition) is 4. The molecule has 4 N–H and O–H groups in total. The SMILES string of the molecule is CCCCCCC/C=C\CCCCCCCC(=O)OCC(COC1OC(CO)C(O)C(O)C1O)OC(=O)CCCCCCCCCCC/C=C\CCCCCCCCCC. The Labute approximate surface area is 366 Å². The highest BCUT2D eigenvalue weighted by Gasteiger charge is 2.44. The van der Waals surface area contributed by atoms with Gasteiger partial charge in [0.1, 0.15) is 31.0 Å². The predicted octanol–water partition coefficient (Wildman–Crippen LogP) is 11.3. The van der Waals surface area contributed by atoms with Gasteiger partial charge in [-0.2, -0.15) is 0 Å². The number of carbonyl (C=O) groups excluding carboxylic acids is 2. The number of aliphatic hydroxyl groups excluding tert-OH is 4.